The van der Waals surface area contributed by atoms with E-state index in [-0.39, 0.29) is 17.3 Å². The Morgan fingerprint density at radius 1 is 1.47 bits per heavy atom. The standard InChI is InChI=1S/C10H13ClF3N3/c1-17-8(11)6(7(16-17)10(12,13)14)9(5-15)3-2-4-9/h2-5,15H2,1H3. The molecule has 0 bridgehead atoms. The fraction of sp³-hybridized carbons (Fsp3) is 0.700. The van der Waals surface area contributed by atoms with Crippen molar-refractivity contribution < 1.29 is 13.2 Å². The van der Waals surface area contributed by atoms with Crippen molar-refractivity contribution in [2.24, 2.45) is 12.8 Å². The highest BCUT2D eigenvalue weighted by Gasteiger charge is 2.48. The van der Waals surface area contributed by atoms with E-state index >= 15 is 0 Å². The molecule has 1 aromatic rings. The summed E-state index contributed by atoms with van der Waals surface area (Å²) < 4.78 is 39.7. The van der Waals surface area contributed by atoms with Crippen molar-refractivity contribution >= 4 is 11.6 Å². The van der Waals surface area contributed by atoms with Gasteiger partial charge in [-0.1, -0.05) is 18.0 Å². The van der Waals surface area contributed by atoms with Gasteiger partial charge in [0, 0.05) is 24.6 Å². The molecule has 0 aromatic carbocycles. The van der Waals surface area contributed by atoms with Crippen molar-refractivity contribution in [1.82, 2.24) is 9.78 Å². The quantitative estimate of drug-likeness (QED) is 0.895. The molecular weight excluding hydrogens is 255 g/mol. The van der Waals surface area contributed by atoms with Gasteiger partial charge in [0.05, 0.1) is 0 Å². The van der Waals surface area contributed by atoms with Crippen LogP contribution in [-0.2, 0) is 18.6 Å². The molecule has 0 radical (unpaired) electrons. The van der Waals surface area contributed by atoms with E-state index < -0.39 is 17.3 Å². The highest BCUT2D eigenvalue weighted by atomic mass is 35.5. The number of aryl methyl sites for hydroxylation is 1. The average Bonchev–Trinajstić information content (AvgIpc) is 2.45. The molecule has 0 aliphatic heterocycles. The van der Waals surface area contributed by atoms with Gasteiger partial charge in [0.1, 0.15) is 5.15 Å². The van der Waals surface area contributed by atoms with E-state index in [1.165, 1.54) is 7.05 Å². The molecule has 0 spiro atoms. The van der Waals surface area contributed by atoms with Crippen molar-refractivity contribution in [3.63, 3.8) is 0 Å². The Morgan fingerprint density at radius 2 is 2.06 bits per heavy atom. The van der Waals surface area contributed by atoms with Gasteiger partial charge in [-0.25, -0.2) is 0 Å². The molecule has 1 saturated carbocycles. The second kappa shape index (κ2) is 3.88. The fourth-order valence-electron chi connectivity index (χ4n) is 2.33. The lowest BCUT2D eigenvalue weighted by molar-refractivity contribution is -0.143. The minimum Gasteiger partial charge on any atom is -0.330 e. The predicted molar refractivity (Wildman–Crippen MR) is 57.8 cm³/mol. The van der Waals surface area contributed by atoms with E-state index in [1.807, 2.05) is 0 Å². The van der Waals surface area contributed by atoms with Crippen molar-refractivity contribution in [1.29, 1.82) is 0 Å². The summed E-state index contributed by atoms with van der Waals surface area (Å²) >= 11 is 5.94. The molecule has 0 amide bonds. The smallest absolute Gasteiger partial charge is 0.330 e. The predicted octanol–water partition coefficient (Wildman–Crippen LogP) is 2.47. The summed E-state index contributed by atoms with van der Waals surface area (Å²) in [4.78, 5) is 0. The second-order valence-electron chi connectivity index (χ2n) is 4.47. The lowest BCUT2D eigenvalue weighted by Gasteiger charge is -2.41. The maximum Gasteiger partial charge on any atom is 0.435 e. The van der Waals surface area contributed by atoms with Crippen LogP contribution >= 0.6 is 11.6 Å². The summed E-state index contributed by atoms with van der Waals surface area (Å²) in [5.41, 5.74) is 4.16. The summed E-state index contributed by atoms with van der Waals surface area (Å²) in [6.07, 6.45) is -2.34. The number of alkyl halides is 3. The Kier molecular flexibility index (Phi) is 2.90. The molecule has 0 unspecified atom stereocenters. The molecule has 1 aromatic heterocycles. The zero-order valence-electron chi connectivity index (χ0n) is 9.31. The van der Waals surface area contributed by atoms with E-state index in [0.29, 0.717) is 12.8 Å². The molecule has 1 aliphatic carbocycles. The molecule has 2 rings (SSSR count). The summed E-state index contributed by atoms with van der Waals surface area (Å²) in [5, 5.41) is 3.53. The van der Waals surface area contributed by atoms with Gasteiger partial charge in [-0.3, -0.25) is 4.68 Å². The van der Waals surface area contributed by atoms with Crippen LogP contribution in [0.1, 0.15) is 30.5 Å². The van der Waals surface area contributed by atoms with Gasteiger partial charge < -0.3 is 5.73 Å². The zero-order chi connectivity index (χ0) is 12.8. The fourth-order valence-corrected chi connectivity index (χ4v) is 2.66. The van der Waals surface area contributed by atoms with Gasteiger partial charge in [-0.2, -0.15) is 18.3 Å². The second-order valence-corrected chi connectivity index (χ2v) is 4.83. The molecule has 3 nitrogen and oxygen atoms in total. The first-order valence-corrected chi connectivity index (χ1v) is 5.70. The Morgan fingerprint density at radius 3 is 2.41 bits per heavy atom. The molecule has 1 fully saturated rings. The molecule has 0 atom stereocenters. The Labute approximate surface area is 102 Å². The number of nitrogens with two attached hydrogens (primary N) is 1. The molecule has 7 heteroatoms. The molecular formula is C10H13ClF3N3. The normalized spacial score (nSPS) is 19.2. The number of hydrogen-bond acceptors (Lipinski definition) is 2. The van der Waals surface area contributed by atoms with E-state index in [1.54, 1.807) is 0 Å². The minimum atomic E-state index is -4.49. The number of halogens is 4. The van der Waals surface area contributed by atoms with Crippen molar-refractivity contribution in [2.45, 2.75) is 30.9 Å². The third-order valence-electron chi connectivity index (χ3n) is 3.48. The van der Waals surface area contributed by atoms with Crippen LogP contribution in [0.4, 0.5) is 13.2 Å². The van der Waals surface area contributed by atoms with Crippen molar-refractivity contribution in [3.8, 4) is 0 Å². The van der Waals surface area contributed by atoms with Gasteiger partial charge in [-0.05, 0) is 12.8 Å². The van der Waals surface area contributed by atoms with Crippen LogP contribution in [0.25, 0.3) is 0 Å². The maximum absolute atomic E-state index is 12.9. The van der Waals surface area contributed by atoms with E-state index in [0.717, 1.165) is 11.1 Å². The lowest BCUT2D eigenvalue weighted by atomic mass is 9.64. The van der Waals surface area contributed by atoms with Crippen LogP contribution in [0.5, 0.6) is 0 Å². The molecule has 0 saturated heterocycles. The van der Waals surface area contributed by atoms with Crippen molar-refractivity contribution in [2.75, 3.05) is 6.54 Å². The Hall–Kier alpha value is -0.750. The highest BCUT2D eigenvalue weighted by Crippen LogP contribution is 2.49. The first kappa shape index (κ1) is 12.7. The van der Waals surface area contributed by atoms with E-state index in [9.17, 15) is 13.2 Å². The summed E-state index contributed by atoms with van der Waals surface area (Å²) in [6, 6.07) is 0. The largest absolute Gasteiger partial charge is 0.435 e. The molecule has 2 N–H and O–H groups in total. The molecule has 17 heavy (non-hydrogen) atoms. The number of nitrogens with zero attached hydrogens (tertiary/aromatic N) is 2. The first-order chi connectivity index (χ1) is 7.82. The first-order valence-electron chi connectivity index (χ1n) is 5.32. The zero-order valence-corrected chi connectivity index (χ0v) is 10.1. The molecule has 1 heterocycles. The van der Waals surface area contributed by atoms with E-state index in [2.05, 4.69) is 5.10 Å². The maximum atomic E-state index is 12.9. The van der Waals surface area contributed by atoms with Crippen LogP contribution in [0.2, 0.25) is 5.15 Å². The average molecular weight is 268 g/mol. The van der Waals surface area contributed by atoms with Crippen LogP contribution < -0.4 is 5.73 Å². The van der Waals surface area contributed by atoms with Gasteiger partial charge in [0.25, 0.3) is 0 Å². The van der Waals surface area contributed by atoms with Crippen LogP contribution in [-0.4, -0.2) is 16.3 Å². The minimum absolute atomic E-state index is 0.0440. The molecule has 1 aliphatic rings. The van der Waals surface area contributed by atoms with Crippen LogP contribution in [0.15, 0.2) is 0 Å². The van der Waals surface area contributed by atoms with Gasteiger partial charge >= 0.3 is 6.18 Å². The van der Waals surface area contributed by atoms with Gasteiger partial charge in [0.15, 0.2) is 5.69 Å². The number of rotatable bonds is 2. The Balaban J connectivity index is 2.59. The summed E-state index contributed by atoms with van der Waals surface area (Å²) in [6.45, 7) is 0.168. The van der Waals surface area contributed by atoms with E-state index in [4.69, 9.17) is 17.3 Å². The molecule has 96 valence electrons. The van der Waals surface area contributed by atoms with Crippen LogP contribution in [0.3, 0.4) is 0 Å². The summed E-state index contributed by atoms with van der Waals surface area (Å²) in [5.74, 6) is 0. The SMILES string of the molecule is Cn1nc(C(F)(F)F)c(C2(CN)CCC2)c1Cl. The Bertz CT molecular complexity index is 429. The summed E-state index contributed by atoms with van der Waals surface area (Å²) in [7, 11) is 1.41. The third kappa shape index (κ3) is 1.83. The van der Waals surface area contributed by atoms with Crippen LogP contribution in [0, 0.1) is 0 Å². The third-order valence-corrected chi connectivity index (χ3v) is 3.91. The number of aromatic nitrogens is 2. The van der Waals surface area contributed by atoms with Crippen molar-refractivity contribution in [3.05, 3.63) is 16.4 Å². The monoisotopic (exact) mass is 267 g/mol. The topological polar surface area (TPSA) is 43.8 Å². The lowest BCUT2D eigenvalue weighted by Crippen LogP contribution is -2.42. The van der Waals surface area contributed by atoms with Gasteiger partial charge in [0.2, 0.25) is 0 Å². The highest BCUT2D eigenvalue weighted by molar-refractivity contribution is 6.30. The van der Waals surface area contributed by atoms with Gasteiger partial charge in [-0.15, -0.1) is 0 Å². The number of hydrogen-bond donors (Lipinski definition) is 1.